The molecule has 4 nitrogen and oxygen atoms in total. The number of thioether (sulfide) groups is 1. The summed E-state index contributed by atoms with van der Waals surface area (Å²) in [7, 11) is 0. The summed E-state index contributed by atoms with van der Waals surface area (Å²) < 4.78 is 7.52. The van der Waals surface area contributed by atoms with Crippen LogP contribution in [-0.2, 0) is 4.74 Å². The molecule has 0 aliphatic carbocycles. The van der Waals surface area contributed by atoms with Gasteiger partial charge in [-0.3, -0.25) is 9.36 Å². The van der Waals surface area contributed by atoms with Crippen molar-refractivity contribution < 1.29 is 4.74 Å². The molecule has 6 heteroatoms. The average Bonchev–Trinajstić information content (AvgIpc) is 3.05. The van der Waals surface area contributed by atoms with Gasteiger partial charge in [-0.1, -0.05) is 11.8 Å². The molecule has 22 heavy (non-hydrogen) atoms. The molecule has 0 radical (unpaired) electrons. The highest BCUT2D eigenvalue weighted by molar-refractivity contribution is 7.99. The molecule has 0 spiro atoms. The number of nitrogens with zero attached hydrogens (tertiary/aromatic N) is 2. The minimum Gasteiger partial charge on any atom is -0.377 e. The van der Waals surface area contributed by atoms with Crippen molar-refractivity contribution in [1.29, 1.82) is 0 Å². The standard InChI is InChI=1S/C16H22N2O2S2/c1-9(2)18-15(19)13-10(3)11(4)22-14(13)17-16(18)21-8-12-6-5-7-20-12/h9,12H,5-8H2,1-4H3. The van der Waals surface area contributed by atoms with Crippen LogP contribution in [0.3, 0.4) is 0 Å². The van der Waals surface area contributed by atoms with Crippen LogP contribution in [0.25, 0.3) is 10.2 Å². The summed E-state index contributed by atoms with van der Waals surface area (Å²) in [6.45, 7) is 9.01. The maximum atomic E-state index is 12.9. The molecule has 1 aliphatic heterocycles. The Labute approximate surface area is 138 Å². The Morgan fingerprint density at radius 2 is 2.23 bits per heavy atom. The van der Waals surface area contributed by atoms with Crippen molar-refractivity contribution in [3.8, 4) is 0 Å². The van der Waals surface area contributed by atoms with E-state index in [1.807, 2.05) is 25.3 Å². The van der Waals surface area contributed by atoms with E-state index in [1.165, 1.54) is 4.88 Å². The van der Waals surface area contributed by atoms with Crippen molar-refractivity contribution >= 4 is 33.3 Å². The maximum Gasteiger partial charge on any atom is 0.263 e. The minimum atomic E-state index is 0.0942. The third-order valence-electron chi connectivity index (χ3n) is 4.14. The van der Waals surface area contributed by atoms with Crippen LogP contribution in [0.2, 0.25) is 0 Å². The Bertz CT molecular complexity index is 743. The summed E-state index contributed by atoms with van der Waals surface area (Å²) in [4.78, 5) is 19.7. The smallest absolute Gasteiger partial charge is 0.263 e. The average molecular weight is 338 g/mol. The van der Waals surface area contributed by atoms with E-state index >= 15 is 0 Å². The predicted molar refractivity (Wildman–Crippen MR) is 93.4 cm³/mol. The van der Waals surface area contributed by atoms with Crippen LogP contribution in [0, 0.1) is 13.8 Å². The van der Waals surface area contributed by atoms with E-state index in [4.69, 9.17) is 9.72 Å². The predicted octanol–water partition coefficient (Wildman–Crippen LogP) is 3.93. The zero-order chi connectivity index (χ0) is 15.9. The second kappa shape index (κ2) is 6.34. The van der Waals surface area contributed by atoms with Crippen LogP contribution >= 0.6 is 23.1 Å². The Hall–Kier alpha value is -0.850. The minimum absolute atomic E-state index is 0.0942. The zero-order valence-electron chi connectivity index (χ0n) is 13.5. The van der Waals surface area contributed by atoms with E-state index in [9.17, 15) is 4.79 Å². The van der Waals surface area contributed by atoms with E-state index in [2.05, 4.69) is 6.92 Å². The fourth-order valence-corrected chi connectivity index (χ4v) is 5.05. The topological polar surface area (TPSA) is 44.1 Å². The van der Waals surface area contributed by atoms with E-state index in [1.54, 1.807) is 23.1 Å². The lowest BCUT2D eigenvalue weighted by Crippen LogP contribution is -2.25. The second-order valence-corrected chi connectivity index (χ2v) is 8.26. The van der Waals surface area contributed by atoms with E-state index in [0.717, 1.165) is 46.1 Å². The molecule has 0 amide bonds. The van der Waals surface area contributed by atoms with Gasteiger partial charge >= 0.3 is 0 Å². The third-order valence-corrected chi connectivity index (χ3v) is 6.33. The van der Waals surface area contributed by atoms with Gasteiger partial charge in [-0.05, 0) is 46.1 Å². The van der Waals surface area contributed by atoms with E-state index in [0.29, 0.717) is 6.10 Å². The van der Waals surface area contributed by atoms with Gasteiger partial charge in [0, 0.05) is 23.3 Å². The van der Waals surface area contributed by atoms with Gasteiger partial charge in [-0.2, -0.15) is 0 Å². The number of ether oxygens (including phenoxy) is 1. The maximum absolute atomic E-state index is 12.9. The van der Waals surface area contributed by atoms with Gasteiger partial charge in [0.2, 0.25) is 0 Å². The van der Waals surface area contributed by atoms with Crippen LogP contribution in [0.4, 0.5) is 0 Å². The Kier molecular flexibility index (Phi) is 4.61. The number of fused-ring (bicyclic) bond motifs is 1. The van der Waals surface area contributed by atoms with Gasteiger partial charge in [0.25, 0.3) is 5.56 Å². The molecule has 0 N–H and O–H groups in total. The van der Waals surface area contributed by atoms with Crippen LogP contribution in [-0.4, -0.2) is 28.0 Å². The summed E-state index contributed by atoms with van der Waals surface area (Å²) in [5, 5.41) is 1.61. The molecule has 120 valence electrons. The number of hydrogen-bond acceptors (Lipinski definition) is 5. The molecule has 1 aliphatic rings. The van der Waals surface area contributed by atoms with Crippen molar-refractivity contribution in [3.05, 3.63) is 20.8 Å². The van der Waals surface area contributed by atoms with Crippen LogP contribution in [0.15, 0.2) is 9.95 Å². The fourth-order valence-electron chi connectivity index (χ4n) is 2.79. The van der Waals surface area contributed by atoms with Gasteiger partial charge in [-0.25, -0.2) is 4.98 Å². The number of aryl methyl sites for hydroxylation is 2. The summed E-state index contributed by atoms with van der Waals surface area (Å²) in [6, 6.07) is 0.107. The largest absolute Gasteiger partial charge is 0.377 e. The molecule has 2 aromatic heterocycles. The van der Waals surface area contributed by atoms with Crippen molar-refractivity contribution in [2.24, 2.45) is 0 Å². The quantitative estimate of drug-likeness (QED) is 0.626. The van der Waals surface area contributed by atoms with Gasteiger partial charge in [0.05, 0.1) is 11.5 Å². The molecule has 0 aromatic carbocycles. The first-order valence-corrected chi connectivity index (χ1v) is 9.56. The number of hydrogen-bond donors (Lipinski definition) is 0. The first kappa shape index (κ1) is 16.0. The van der Waals surface area contributed by atoms with Crippen molar-refractivity contribution in [2.75, 3.05) is 12.4 Å². The number of rotatable bonds is 4. The van der Waals surface area contributed by atoms with Crippen LogP contribution < -0.4 is 5.56 Å². The first-order valence-electron chi connectivity index (χ1n) is 7.75. The van der Waals surface area contributed by atoms with Crippen LogP contribution in [0.5, 0.6) is 0 Å². The van der Waals surface area contributed by atoms with Crippen molar-refractivity contribution in [3.63, 3.8) is 0 Å². The summed E-state index contributed by atoms with van der Waals surface area (Å²) in [5.41, 5.74) is 1.17. The van der Waals surface area contributed by atoms with E-state index in [-0.39, 0.29) is 11.6 Å². The molecule has 0 saturated carbocycles. The molecule has 3 rings (SSSR count). The van der Waals surface area contributed by atoms with Gasteiger partial charge < -0.3 is 4.74 Å². The Morgan fingerprint density at radius 1 is 1.45 bits per heavy atom. The third kappa shape index (κ3) is 2.84. The molecule has 1 fully saturated rings. The molecular formula is C16H22N2O2S2. The first-order chi connectivity index (χ1) is 10.5. The zero-order valence-corrected chi connectivity index (χ0v) is 15.1. The molecule has 2 aromatic rings. The number of thiophene rings is 1. The molecule has 1 unspecified atom stereocenters. The van der Waals surface area contributed by atoms with Crippen molar-refractivity contribution in [1.82, 2.24) is 9.55 Å². The highest BCUT2D eigenvalue weighted by atomic mass is 32.2. The van der Waals surface area contributed by atoms with Crippen molar-refractivity contribution in [2.45, 2.75) is 57.8 Å². The molecule has 1 saturated heterocycles. The van der Waals surface area contributed by atoms with E-state index < -0.39 is 0 Å². The summed E-state index contributed by atoms with van der Waals surface area (Å²) in [6.07, 6.45) is 2.54. The molecular weight excluding hydrogens is 316 g/mol. The normalized spacial score (nSPS) is 18.7. The highest BCUT2D eigenvalue weighted by Crippen LogP contribution is 2.30. The molecule has 0 bridgehead atoms. The second-order valence-electron chi connectivity index (χ2n) is 6.07. The lowest BCUT2D eigenvalue weighted by atomic mass is 10.2. The van der Waals surface area contributed by atoms with Gasteiger partial charge in [0.15, 0.2) is 5.16 Å². The Balaban J connectivity index is 2.03. The highest BCUT2D eigenvalue weighted by Gasteiger charge is 2.21. The monoisotopic (exact) mass is 338 g/mol. The summed E-state index contributed by atoms with van der Waals surface area (Å²) >= 11 is 3.27. The van der Waals surface area contributed by atoms with Gasteiger partial charge in [0.1, 0.15) is 4.83 Å². The fraction of sp³-hybridized carbons (Fsp3) is 0.625. The lowest BCUT2D eigenvalue weighted by molar-refractivity contribution is 0.129. The van der Waals surface area contributed by atoms with Gasteiger partial charge in [-0.15, -0.1) is 11.3 Å². The van der Waals surface area contributed by atoms with Crippen LogP contribution in [0.1, 0.15) is 43.2 Å². The summed E-state index contributed by atoms with van der Waals surface area (Å²) in [5.74, 6) is 0.869. The SMILES string of the molecule is Cc1sc2nc(SCC3CCCO3)n(C(C)C)c(=O)c2c1C. The number of aromatic nitrogens is 2. The molecule has 3 heterocycles. The molecule has 1 atom stereocenters. The lowest BCUT2D eigenvalue weighted by Gasteiger charge is -2.16. The Morgan fingerprint density at radius 3 is 2.86 bits per heavy atom.